The molecule has 0 bridgehead atoms. The number of alkyl halides is 1. The van der Waals surface area contributed by atoms with Crippen LogP contribution in [-0.4, -0.2) is 17.8 Å². The van der Waals surface area contributed by atoms with Crippen molar-refractivity contribution < 1.29 is 4.79 Å². The number of amides is 1. The fourth-order valence-corrected chi connectivity index (χ4v) is 3.84. The third-order valence-electron chi connectivity index (χ3n) is 4.52. The minimum absolute atomic E-state index is 0.0369. The third kappa shape index (κ3) is 8.09. The summed E-state index contributed by atoms with van der Waals surface area (Å²) in [5.41, 5.74) is 0.217. The SMILES string of the molecule is CCCCC1CCC(C(=O)NCC(Cl)CC(C)(C)C)CC1. The molecular formula is C18H34ClNO. The van der Waals surface area contributed by atoms with Crippen LogP contribution in [0.2, 0.25) is 0 Å². The summed E-state index contributed by atoms with van der Waals surface area (Å²) in [6.07, 6.45) is 9.47. The quantitative estimate of drug-likeness (QED) is 0.647. The molecule has 0 aromatic rings. The highest BCUT2D eigenvalue weighted by molar-refractivity contribution is 6.20. The van der Waals surface area contributed by atoms with Crippen molar-refractivity contribution in [1.82, 2.24) is 5.32 Å². The number of halogens is 1. The zero-order valence-electron chi connectivity index (χ0n) is 14.4. The summed E-state index contributed by atoms with van der Waals surface area (Å²) in [5, 5.41) is 3.10. The Labute approximate surface area is 136 Å². The summed E-state index contributed by atoms with van der Waals surface area (Å²) in [6, 6.07) is 0. The Kier molecular flexibility index (Phi) is 8.08. The number of carbonyl (C=O) groups excluding carboxylic acids is 1. The number of unbranched alkanes of at least 4 members (excludes halogenated alkanes) is 1. The molecule has 1 unspecified atom stereocenters. The average molecular weight is 316 g/mol. The first-order valence-electron chi connectivity index (χ1n) is 8.73. The monoisotopic (exact) mass is 315 g/mol. The van der Waals surface area contributed by atoms with Crippen LogP contribution in [0.15, 0.2) is 0 Å². The van der Waals surface area contributed by atoms with Crippen molar-refractivity contribution in [2.75, 3.05) is 6.54 Å². The van der Waals surface area contributed by atoms with E-state index in [4.69, 9.17) is 11.6 Å². The zero-order valence-corrected chi connectivity index (χ0v) is 15.1. The van der Waals surface area contributed by atoms with E-state index in [0.29, 0.717) is 6.54 Å². The Bertz CT molecular complexity index is 303. The smallest absolute Gasteiger partial charge is 0.223 e. The van der Waals surface area contributed by atoms with Crippen molar-refractivity contribution in [3.63, 3.8) is 0 Å². The van der Waals surface area contributed by atoms with Crippen molar-refractivity contribution in [1.29, 1.82) is 0 Å². The molecule has 0 radical (unpaired) electrons. The van der Waals surface area contributed by atoms with E-state index in [1.54, 1.807) is 0 Å². The molecule has 2 nitrogen and oxygen atoms in total. The van der Waals surface area contributed by atoms with E-state index in [1.165, 1.54) is 32.1 Å². The lowest BCUT2D eigenvalue weighted by Gasteiger charge is -2.28. The van der Waals surface area contributed by atoms with Gasteiger partial charge in [0.05, 0.1) is 5.38 Å². The van der Waals surface area contributed by atoms with Crippen LogP contribution in [0.3, 0.4) is 0 Å². The van der Waals surface area contributed by atoms with E-state index >= 15 is 0 Å². The van der Waals surface area contributed by atoms with Crippen molar-refractivity contribution in [2.45, 2.75) is 84.4 Å². The van der Waals surface area contributed by atoms with E-state index in [-0.39, 0.29) is 22.6 Å². The lowest BCUT2D eigenvalue weighted by atomic mass is 9.79. The highest BCUT2D eigenvalue weighted by atomic mass is 35.5. The first-order valence-corrected chi connectivity index (χ1v) is 9.17. The molecule has 1 aliphatic carbocycles. The topological polar surface area (TPSA) is 29.1 Å². The van der Waals surface area contributed by atoms with Crippen LogP contribution >= 0.6 is 11.6 Å². The van der Waals surface area contributed by atoms with Gasteiger partial charge in [-0.05, 0) is 43.4 Å². The molecule has 0 aliphatic heterocycles. The van der Waals surface area contributed by atoms with E-state index in [2.05, 4.69) is 33.0 Å². The predicted octanol–water partition coefficient (Wildman–Crippen LogP) is 5.14. The molecular weight excluding hydrogens is 282 g/mol. The average Bonchev–Trinajstić information content (AvgIpc) is 2.41. The summed E-state index contributed by atoms with van der Waals surface area (Å²) in [7, 11) is 0. The second kappa shape index (κ2) is 9.02. The first-order chi connectivity index (χ1) is 9.81. The maximum atomic E-state index is 12.2. The van der Waals surface area contributed by atoms with E-state index in [0.717, 1.165) is 25.2 Å². The summed E-state index contributed by atoms with van der Waals surface area (Å²) >= 11 is 6.31. The van der Waals surface area contributed by atoms with Gasteiger partial charge < -0.3 is 5.32 Å². The van der Waals surface area contributed by atoms with Crippen molar-refractivity contribution in [3.05, 3.63) is 0 Å². The molecule has 0 heterocycles. The largest absolute Gasteiger partial charge is 0.354 e. The van der Waals surface area contributed by atoms with Gasteiger partial charge in [-0.2, -0.15) is 0 Å². The minimum Gasteiger partial charge on any atom is -0.354 e. The number of nitrogens with one attached hydrogen (secondary N) is 1. The van der Waals surface area contributed by atoms with Crippen LogP contribution in [-0.2, 0) is 4.79 Å². The number of carbonyl (C=O) groups is 1. The van der Waals surface area contributed by atoms with Crippen LogP contribution in [0, 0.1) is 17.3 Å². The highest BCUT2D eigenvalue weighted by Gasteiger charge is 2.26. The van der Waals surface area contributed by atoms with Crippen LogP contribution in [0.5, 0.6) is 0 Å². The summed E-state index contributed by atoms with van der Waals surface area (Å²) in [5.74, 6) is 1.31. The lowest BCUT2D eigenvalue weighted by molar-refractivity contribution is -0.126. The van der Waals surface area contributed by atoms with Gasteiger partial charge in [0.2, 0.25) is 5.91 Å². The van der Waals surface area contributed by atoms with Gasteiger partial charge in [0.25, 0.3) is 0 Å². The molecule has 1 saturated carbocycles. The van der Waals surface area contributed by atoms with Crippen molar-refractivity contribution in [3.8, 4) is 0 Å². The Morgan fingerprint density at radius 3 is 2.38 bits per heavy atom. The Morgan fingerprint density at radius 2 is 1.86 bits per heavy atom. The Balaban J connectivity index is 2.22. The molecule has 1 amide bonds. The maximum Gasteiger partial charge on any atom is 0.223 e. The van der Waals surface area contributed by atoms with E-state index in [9.17, 15) is 4.79 Å². The van der Waals surface area contributed by atoms with Crippen LogP contribution in [0.4, 0.5) is 0 Å². The van der Waals surface area contributed by atoms with Crippen LogP contribution in [0.1, 0.15) is 79.1 Å². The summed E-state index contributed by atoms with van der Waals surface area (Å²) < 4.78 is 0. The van der Waals surface area contributed by atoms with Crippen molar-refractivity contribution in [2.24, 2.45) is 17.3 Å². The molecule has 1 rings (SSSR count). The second-order valence-corrected chi connectivity index (χ2v) is 8.58. The molecule has 0 aromatic carbocycles. The zero-order chi connectivity index (χ0) is 15.9. The predicted molar refractivity (Wildman–Crippen MR) is 91.7 cm³/mol. The molecule has 1 fully saturated rings. The number of hydrogen-bond donors (Lipinski definition) is 1. The van der Waals surface area contributed by atoms with Gasteiger partial charge in [0, 0.05) is 12.5 Å². The normalized spacial score (nSPS) is 24.6. The van der Waals surface area contributed by atoms with Crippen LogP contribution < -0.4 is 5.32 Å². The molecule has 3 heteroatoms. The summed E-state index contributed by atoms with van der Waals surface area (Å²) in [6.45, 7) is 9.40. The minimum atomic E-state index is 0.0369. The molecule has 0 aromatic heterocycles. The highest BCUT2D eigenvalue weighted by Crippen LogP contribution is 2.32. The van der Waals surface area contributed by atoms with Gasteiger partial charge in [-0.1, -0.05) is 47.0 Å². The van der Waals surface area contributed by atoms with Gasteiger partial charge in [-0.25, -0.2) is 0 Å². The van der Waals surface area contributed by atoms with Gasteiger partial charge in [0.1, 0.15) is 0 Å². The fraction of sp³-hybridized carbons (Fsp3) is 0.944. The summed E-state index contributed by atoms with van der Waals surface area (Å²) in [4.78, 5) is 12.2. The lowest BCUT2D eigenvalue weighted by Crippen LogP contribution is -2.37. The molecule has 1 N–H and O–H groups in total. The standard InChI is InChI=1S/C18H34ClNO/c1-5-6-7-14-8-10-15(11-9-14)17(21)20-13-16(19)12-18(2,3)4/h14-16H,5-13H2,1-4H3,(H,20,21). The molecule has 21 heavy (non-hydrogen) atoms. The van der Waals surface area contributed by atoms with Gasteiger partial charge >= 0.3 is 0 Å². The number of hydrogen-bond acceptors (Lipinski definition) is 1. The van der Waals surface area contributed by atoms with E-state index in [1.807, 2.05) is 0 Å². The maximum absolute atomic E-state index is 12.2. The first kappa shape index (κ1) is 18.8. The van der Waals surface area contributed by atoms with Gasteiger partial charge in [0.15, 0.2) is 0 Å². The molecule has 0 spiro atoms. The van der Waals surface area contributed by atoms with Crippen molar-refractivity contribution >= 4 is 17.5 Å². The number of rotatable bonds is 7. The third-order valence-corrected chi connectivity index (χ3v) is 4.82. The Hall–Kier alpha value is -0.240. The molecule has 0 saturated heterocycles. The Morgan fingerprint density at radius 1 is 1.24 bits per heavy atom. The molecule has 1 aliphatic rings. The van der Waals surface area contributed by atoms with Crippen LogP contribution in [0.25, 0.3) is 0 Å². The fourth-order valence-electron chi connectivity index (χ4n) is 3.30. The second-order valence-electron chi connectivity index (χ2n) is 7.97. The molecule has 1 atom stereocenters. The van der Waals surface area contributed by atoms with E-state index < -0.39 is 0 Å². The van der Waals surface area contributed by atoms with Gasteiger partial charge in [-0.3, -0.25) is 4.79 Å². The molecule has 124 valence electrons. The van der Waals surface area contributed by atoms with Gasteiger partial charge in [-0.15, -0.1) is 11.6 Å².